The van der Waals surface area contributed by atoms with Crippen LogP contribution >= 0.6 is 35.0 Å². The molecule has 0 saturated carbocycles. The second-order valence-corrected chi connectivity index (χ2v) is 6.54. The highest BCUT2D eigenvalue weighted by Gasteiger charge is 2.17. The minimum atomic E-state index is -1.07. The van der Waals surface area contributed by atoms with Crippen LogP contribution in [-0.4, -0.2) is 22.3 Å². The zero-order valence-corrected chi connectivity index (χ0v) is 14.3. The molecule has 0 amide bonds. The van der Waals surface area contributed by atoms with Gasteiger partial charge in [0.05, 0.1) is 26.8 Å². The van der Waals surface area contributed by atoms with Gasteiger partial charge in [0.15, 0.2) is 0 Å². The zero-order chi connectivity index (χ0) is 16.6. The number of nitrogens with zero attached hydrogens (tertiary/aromatic N) is 1. The number of carboxylic acids is 1. The molecule has 3 aromatic rings. The lowest BCUT2D eigenvalue weighted by molar-refractivity contribution is 0.0699. The Kier molecular flexibility index (Phi) is 4.48. The molecule has 23 heavy (non-hydrogen) atoms. The number of aromatic carboxylic acids is 1. The summed E-state index contributed by atoms with van der Waals surface area (Å²) in [6.45, 7) is 0. The summed E-state index contributed by atoms with van der Waals surface area (Å²) in [5.41, 5.74) is 1.85. The highest BCUT2D eigenvalue weighted by atomic mass is 35.5. The molecule has 0 fully saturated rings. The molecule has 0 aliphatic heterocycles. The molecule has 0 spiro atoms. The van der Waals surface area contributed by atoms with Crippen molar-refractivity contribution in [2.24, 2.45) is 0 Å². The predicted octanol–water partition coefficient (Wildman–Crippen LogP) is 5.63. The third-order valence-electron chi connectivity index (χ3n) is 3.48. The van der Waals surface area contributed by atoms with Crippen molar-refractivity contribution >= 4 is 51.8 Å². The topological polar surface area (TPSA) is 50.2 Å². The Morgan fingerprint density at radius 1 is 1.09 bits per heavy atom. The van der Waals surface area contributed by atoms with Gasteiger partial charge in [-0.15, -0.1) is 11.8 Å². The van der Waals surface area contributed by atoms with Gasteiger partial charge in [0.1, 0.15) is 0 Å². The SMILES string of the molecule is CSc1ccc(-c2cc(C(=O)O)c3c(Cl)ccc(Cl)c3n2)cc1. The van der Waals surface area contributed by atoms with Crippen LogP contribution in [0.2, 0.25) is 10.0 Å². The predicted molar refractivity (Wildman–Crippen MR) is 95.9 cm³/mol. The van der Waals surface area contributed by atoms with Crippen molar-refractivity contribution in [3.8, 4) is 11.3 Å². The van der Waals surface area contributed by atoms with Gasteiger partial charge in [-0.1, -0.05) is 35.3 Å². The molecule has 1 heterocycles. The molecular weight excluding hydrogens is 353 g/mol. The molecule has 3 rings (SSSR count). The fraction of sp³-hybridized carbons (Fsp3) is 0.0588. The summed E-state index contributed by atoms with van der Waals surface area (Å²) in [4.78, 5) is 17.3. The first-order valence-corrected chi connectivity index (χ1v) is 8.66. The van der Waals surface area contributed by atoms with Crippen molar-refractivity contribution in [1.82, 2.24) is 4.98 Å². The van der Waals surface area contributed by atoms with E-state index in [1.165, 1.54) is 6.07 Å². The average Bonchev–Trinajstić information content (AvgIpc) is 2.57. The number of carboxylic acid groups (broad SMARTS) is 1. The maximum absolute atomic E-state index is 11.6. The van der Waals surface area contributed by atoms with Gasteiger partial charge in [-0.05, 0) is 36.6 Å². The number of benzene rings is 2. The number of thioether (sulfide) groups is 1. The van der Waals surface area contributed by atoms with E-state index in [2.05, 4.69) is 4.98 Å². The van der Waals surface area contributed by atoms with E-state index >= 15 is 0 Å². The van der Waals surface area contributed by atoms with Crippen LogP contribution in [0.15, 0.2) is 47.4 Å². The number of pyridine rings is 1. The molecule has 0 radical (unpaired) electrons. The van der Waals surface area contributed by atoms with Crippen LogP contribution < -0.4 is 0 Å². The van der Waals surface area contributed by atoms with Crippen molar-refractivity contribution < 1.29 is 9.90 Å². The molecule has 2 aromatic carbocycles. The van der Waals surface area contributed by atoms with Crippen LogP contribution in [0.3, 0.4) is 0 Å². The van der Waals surface area contributed by atoms with E-state index in [9.17, 15) is 9.90 Å². The van der Waals surface area contributed by atoms with Gasteiger partial charge in [-0.2, -0.15) is 0 Å². The maximum Gasteiger partial charge on any atom is 0.336 e. The fourth-order valence-corrected chi connectivity index (χ4v) is 3.21. The molecule has 116 valence electrons. The molecule has 1 N–H and O–H groups in total. The molecule has 0 aliphatic carbocycles. The maximum atomic E-state index is 11.6. The lowest BCUT2D eigenvalue weighted by atomic mass is 10.0. The first-order valence-electron chi connectivity index (χ1n) is 6.67. The van der Waals surface area contributed by atoms with Crippen molar-refractivity contribution in [2.75, 3.05) is 6.26 Å². The van der Waals surface area contributed by atoms with Gasteiger partial charge in [0, 0.05) is 15.8 Å². The second-order valence-electron chi connectivity index (χ2n) is 4.84. The average molecular weight is 364 g/mol. The summed E-state index contributed by atoms with van der Waals surface area (Å²) in [7, 11) is 0. The van der Waals surface area contributed by atoms with Crippen LogP contribution in [0.5, 0.6) is 0 Å². The number of hydrogen-bond acceptors (Lipinski definition) is 3. The summed E-state index contributed by atoms with van der Waals surface area (Å²) in [5, 5.41) is 10.6. The number of fused-ring (bicyclic) bond motifs is 1. The minimum Gasteiger partial charge on any atom is -0.478 e. The lowest BCUT2D eigenvalue weighted by Crippen LogP contribution is -2.01. The van der Waals surface area contributed by atoms with E-state index in [1.807, 2.05) is 30.5 Å². The summed E-state index contributed by atoms with van der Waals surface area (Å²) in [5.74, 6) is -1.07. The van der Waals surface area contributed by atoms with Crippen LogP contribution in [0.25, 0.3) is 22.2 Å². The monoisotopic (exact) mass is 363 g/mol. The number of rotatable bonds is 3. The van der Waals surface area contributed by atoms with Gasteiger partial charge < -0.3 is 5.11 Å². The van der Waals surface area contributed by atoms with Gasteiger partial charge >= 0.3 is 5.97 Å². The zero-order valence-electron chi connectivity index (χ0n) is 12.0. The van der Waals surface area contributed by atoms with Gasteiger partial charge in [0.2, 0.25) is 0 Å². The van der Waals surface area contributed by atoms with E-state index in [4.69, 9.17) is 23.2 Å². The van der Waals surface area contributed by atoms with Crippen LogP contribution in [-0.2, 0) is 0 Å². The second kappa shape index (κ2) is 6.40. The Bertz CT molecular complexity index is 911. The van der Waals surface area contributed by atoms with E-state index in [0.717, 1.165) is 10.5 Å². The molecule has 0 unspecified atom stereocenters. The molecule has 0 atom stereocenters. The number of aromatic nitrogens is 1. The first kappa shape index (κ1) is 16.1. The lowest BCUT2D eigenvalue weighted by Gasteiger charge is -2.10. The van der Waals surface area contributed by atoms with Crippen molar-refractivity contribution in [3.63, 3.8) is 0 Å². The summed E-state index contributed by atoms with van der Waals surface area (Å²) in [6, 6.07) is 12.5. The summed E-state index contributed by atoms with van der Waals surface area (Å²) in [6.07, 6.45) is 1.99. The Morgan fingerprint density at radius 3 is 2.35 bits per heavy atom. The summed E-state index contributed by atoms with van der Waals surface area (Å²) < 4.78 is 0. The standard InChI is InChI=1S/C17H11Cl2NO2S/c1-23-10-4-2-9(3-5-10)14-8-11(17(21)22)15-12(18)6-7-13(19)16(15)20-14/h2-8H,1H3,(H,21,22). The molecule has 0 bridgehead atoms. The smallest absolute Gasteiger partial charge is 0.336 e. The normalized spacial score (nSPS) is 10.9. The van der Waals surface area contributed by atoms with Crippen LogP contribution in [0.1, 0.15) is 10.4 Å². The van der Waals surface area contributed by atoms with E-state index < -0.39 is 5.97 Å². The third kappa shape index (κ3) is 3.02. The third-order valence-corrected chi connectivity index (χ3v) is 4.84. The highest BCUT2D eigenvalue weighted by Crippen LogP contribution is 2.34. The molecule has 0 aliphatic rings. The van der Waals surface area contributed by atoms with Gasteiger partial charge in [-0.3, -0.25) is 0 Å². The fourth-order valence-electron chi connectivity index (χ4n) is 2.35. The van der Waals surface area contributed by atoms with Crippen LogP contribution in [0.4, 0.5) is 0 Å². The first-order chi connectivity index (χ1) is 11.0. The summed E-state index contributed by atoms with van der Waals surface area (Å²) >= 11 is 14.0. The van der Waals surface area contributed by atoms with E-state index in [1.54, 1.807) is 23.9 Å². The van der Waals surface area contributed by atoms with E-state index in [-0.39, 0.29) is 5.56 Å². The number of carbonyl (C=O) groups is 1. The molecule has 0 saturated heterocycles. The van der Waals surface area contributed by atoms with Gasteiger partial charge in [-0.25, -0.2) is 9.78 Å². The Hall–Kier alpha value is -1.75. The minimum absolute atomic E-state index is 0.0893. The molecular formula is C17H11Cl2NO2S. The van der Waals surface area contributed by atoms with Gasteiger partial charge in [0.25, 0.3) is 0 Å². The van der Waals surface area contributed by atoms with Crippen molar-refractivity contribution in [1.29, 1.82) is 0 Å². The molecule has 3 nitrogen and oxygen atoms in total. The van der Waals surface area contributed by atoms with Crippen LogP contribution in [0, 0.1) is 0 Å². The highest BCUT2D eigenvalue weighted by molar-refractivity contribution is 7.98. The number of halogens is 2. The Labute approximate surface area is 147 Å². The Balaban J connectivity index is 2.30. The van der Waals surface area contributed by atoms with Crippen molar-refractivity contribution in [3.05, 3.63) is 58.1 Å². The quantitative estimate of drug-likeness (QED) is 0.612. The Morgan fingerprint density at radius 2 is 1.74 bits per heavy atom. The molecule has 6 heteroatoms. The van der Waals surface area contributed by atoms with E-state index in [0.29, 0.717) is 26.6 Å². The number of hydrogen-bond donors (Lipinski definition) is 1. The largest absolute Gasteiger partial charge is 0.478 e. The van der Waals surface area contributed by atoms with Crippen molar-refractivity contribution in [2.45, 2.75) is 4.90 Å². The molecule has 1 aromatic heterocycles.